The molecule has 4 aromatic rings. The fraction of sp³-hybridized carbons (Fsp3) is 0.378. The van der Waals surface area contributed by atoms with Gasteiger partial charge < -0.3 is 34.2 Å². The molecule has 0 bridgehead atoms. The lowest BCUT2D eigenvalue weighted by atomic mass is 10.1. The first-order valence-electron chi connectivity index (χ1n) is 19.3. The van der Waals surface area contributed by atoms with E-state index in [1.165, 1.54) is 0 Å². The smallest absolute Gasteiger partial charge is 0.410 e. The Kier molecular flexibility index (Phi) is 13.5. The van der Waals surface area contributed by atoms with Gasteiger partial charge in [0.15, 0.2) is 0 Å². The predicted octanol–water partition coefficient (Wildman–Crippen LogP) is 9.26. The molecule has 57 heavy (non-hydrogen) atoms. The molecule has 0 aromatic heterocycles. The Bertz CT molecular complexity index is 2010. The van der Waals surface area contributed by atoms with E-state index in [1.54, 1.807) is 98.5 Å². The summed E-state index contributed by atoms with van der Waals surface area (Å²) in [4.78, 5) is 55.3. The number of esters is 1. The van der Waals surface area contributed by atoms with E-state index in [1.807, 2.05) is 30.3 Å². The van der Waals surface area contributed by atoms with Gasteiger partial charge in [-0.05, 0) is 118 Å². The van der Waals surface area contributed by atoms with Crippen LogP contribution in [-0.2, 0) is 16.1 Å². The number of carbonyl (C=O) groups excluding carboxylic acids is 4. The van der Waals surface area contributed by atoms with Crippen LogP contribution >= 0.6 is 0 Å². The zero-order valence-corrected chi connectivity index (χ0v) is 35.2. The maximum absolute atomic E-state index is 13.7. The average Bonchev–Trinajstić information content (AvgIpc) is 3.35. The van der Waals surface area contributed by atoms with Gasteiger partial charge in [-0.3, -0.25) is 9.59 Å². The maximum atomic E-state index is 13.7. The molecule has 12 heteroatoms. The van der Waals surface area contributed by atoms with E-state index in [2.05, 4.69) is 44.5 Å². The van der Waals surface area contributed by atoms with Crippen LogP contribution in [0.3, 0.4) is 0 Å². The molecule has 0 unspecified atom stereocenters. The molecule has 1 aliphatic rings. The van der Waals surface area contributed by atoms with Crippen molar-refractivity contribution in [3.63, 3.8) is 0 Å². The fourth-order valence-electron chi connectivity index (χ4n) is 5.89. The Morgan fingerprint density at radius 1 is 0.772 bits per heavy atom. The van der Waals surface area contributed by atoms with Crippen molar-refractivity contribution in [1.82, 2.24) is 10.2 Å². The summed E-state index contributed by atoms with van der Waals surface area (Å²) < 4.78 is 24.1. The summed E-state index contributed by atoms with van der Waals surface area (Å²) in [5.41, 5.74) is 1.77. The second-order valence-electron chi connectivity index (χ2n) is 16.8. The van der Waals surface area contributed by atoms with Crippen molar-refractivity contribution in [2.24, 2.45) is 0 Å². The molecule has 0 radical (unpaired) electrons. The number of rotatable bonds is 11. The number of para-hydroxylation sites is 1. The average molecular weight is 794 g/mol. The standard InChI is InChI=1S/C45H55N3O8Si/c1-44(2,3)55-43(52)48-28-14-19-39(37(29-48)47-40(49)32-22-26-35(27-23-32)56-57(7,8)45(4,5)6)54-42(51)33-20-24-34(25-21-33)46-41(50)36-17-12-13-18-38(36)53-30-31-15-10-9-11-16-31/h9-13,15-18,20-27,37,39H,14,19,28-30H2,1-8H3,(H,46,50)(H,47,49)/t37-,39-/m1/s1. The third-order valence-corrected chi connectivity index (χ3v) is 14.4. The zero-order chi connectivity index (χ0) is 41.4. The van der Waals surface area contributed by atoms with Crippen molar-refractivity contribution >= 4 is 37.9 Å². The summed E-state index contributed by atoms with van der Waals surface area (Å²) in [6.07, 6.45) is -0.342. The third-order valence-electron chi connectivity index (χ3n) is 10.1. The summed E-state index contributed by atoms with van der Waals surface area (Å²) in [5, 5.41) is 5.92. The van der Waals surface area contributed by atoms with E-state index in [9.17, 15) is 19.2 Å². The topological polar surface area (TPSA) is 132 Å². The lowest BCUT2D eigenvalue weighted by molar-refractivity contribution is 0.0127. The van der Waals surface area contributed by atoms with Crippen LogP contribution in [0.1, 0.15) is 91.0 Å². The molecule has 0 saturated carbocycles. The van der Waals surface area contributed by atoms with Crippen molar-refractivity contribution < 1.29 is 37.8 Å². The van der Waals surface area contributed by atoms with Gasteiger partial charge in [-0.15, -0.1) is 0 Å². The van der Waals surface area contributed by atoms with Crippen LogP contribution < -0.4 is 19.8 Å². The van der Waals surface area contributed by atoms with Crippen LogP contribution in [-0.4, -0.2) is 67.9 Å². The van der Waals surface area contributed by atoms with Gasteiger partial charge in [-0.25, -0.2) is 9.59 Å². The molecule has 3 amide bonds. The van der Waals surface area contributed by atoms with Crippen LogP contribution in [0.5, 0.6) is 11.5 Å². The third kappa shape index (κ3) is 11.9. The van der Waals surface area contributed by atoms with Crippen LogP contribution in [0.4, 0.5) is 10.5 Å². The molecule has 0 aliphatic carbocycles. The summed E-state index contributed by atoms with van der Waals surface area (Å²) >= 11 is 0. The minimum Gasteiger partial charge on any atom is -0.544 e. The Morgan fingerprint density at radius 2 is 1.40 bits per heavy atom. The van der Waals surface area contributed by atoms with Crippen LogP contribution in [0, 0.1) is 0 Å². The first-order valence-corrected chi connectivity index (χ1v) is 22.3. The highest BCUT2D eigenvalue weighted by Crippen LogP contribution is 2.37. The molecule has 1 aliphatic heterocycles. The van der Waals surface area contributed by atoms with Crippen molar-refractivity contribution in [2.75, 3.05) is 18.4 Å². The first kappa shape index (κ1) is 42.5. The molecule has 2 N–H and O–H groups in total. The normalized spacial score (nSPS) is 16.1. The largest absolute Gasteiger partial charge is 0.544 e. The molecule has 11 nitrogen and oxygen atoms in total. The van der Waals surface area contributed by atoms with Gasteiger partial charge in [0.05, 0.1) is 17.2 Å². The molecule has 2 atom stereocenters. The van der Waals surface area contributed by atoms with Gasteiger partial charge in [0.2, 0.25) is 8.32 Å². The summed E-state index contributed by atoms with van der Waals surface area (Å²) in [7, 11) is -2.08. The van der Waals surface area contributed by atoms with Crippen LogP contribution in [0.2, 0.25) is 18.1 Å². The van der Waals surface area contributed by atoms with Gasteiger partial charge in [0.1, 0.15) is 29.8 Å². The predicted molar refractivity (Wildman–Crippen MR) is 223 cm³/mol. The van der Waals surface area contributed by atoms with Crippen molar-refractivity contribution in [3.05, 3.63) is 125 Å². The number of likely N-dealkylation sites (tertiary alicyclic amines) is 1. The molecule has 5 rings (SSSR count). The molecule has 1 saturated heterocycles. The van der Waals surface area contributed by atoms with E-state index in [0.29, 0.717) is 54.3 Å². The lowest BCUT2D eigenvalue weighted by Gasteiger charge is -2.36. The van der Waals surface area contributed by atoms with E-state index in [-0.39, 0.29) is 29.0 Å². The van der Waals surface area contributed by atoms with Gasteiger partial charge in [-0.2, -0.15) is 0 Å². The number of carbonyl (C=O) groups is 4. The van der Waals surface area contributed by atoms with E-state index >= 15 is 0 Å². The van der Waals surface area contributed by atoms with Crippen LogP contribution in [0.15, 0.2) is 103 Å². The minimum atomic E-state index is -2.08. The lowest BCUT2D eigenvalue weighted by Crippen LogP contribution is -2.51. The Hall–Kier alpha value is -5.62. The molecular weight excluding hydrogens is 739 g/mol. The number of benzene rings is 4. The molecule has 0 spiro atoms. The number of amides is 3. The highest BCUT2D eigenvalue weighted by molar-refractivity contribution is 6.74. The second kappa shape index (κ2) is 18.1. The van der Waals surface area contributed by atoms with Crippen molar-refractivity contribution in [3.8, 4) is 11.5 Å². The SMILES string of the molecule is CC(C)(C)OC(=O)N1CCC[C@@H](OC(=O)c2ccc(NC(=O)c3ccccc3OCc3ccccc3)cc2)[C@H](NC(=O)c2ccc(O[Si](C)(C)C(C)(C)C)cc2)C1. The number of ether oxygens (including phenoxy) is 3. The van der Waals surface area contributed by atoms with Gasteiger partial charge >= 0.3 is 12.1 Å². The number of hydrogen-bond donors (Lipinski definition) is 2. The van der Waals surface area contributed by atoms with Gasteiger partial charge in [0.25, 0.3) is 11.8 Å². The molecule has 1 heterocycles. The number of anilines is 1. The Morgan fingerprint density at radius 3 is 2.05 bits per heavy atom. The summed E-state index contributed by atoms with van der Waals surface area (Å²) in [5.74, 6) is -0.202. The maximum Gasteiger partial charge on any atom is 0.410 e. The summed E-state index contributed by atoms with van der Waals surface area (Å²) in [6, 6.07) is 29.3. The van der Waals surface area contributed by atoms with Gasteiger partial charge in [-0.1, -0.05) is 63.2 Å². The van der Waals surface area contributed by atoms with E-state index < -0.39 is 38.1 Å². The van der Waals surface area contributed by atoms with Crippen LogP contribution in [0.25, 0.3) is 0 Å². The number of nitrogens with zero attached hydrogens (tertiary/aromatic N) is 1. The molecule has 1 fully saturated rings. The highest BCUT2D eigenvalue weighted by Gasteiger charge is 2.39. The Balaban J connectivity index is 1.27. The first-order chi connectivity index (χ1) is 26.9. The van der Waals surface area contributed by atoms with E-state index in [4.69, 9.17) is 18.6 Å². The Labute approximate surface area is 337 Å². The molecular formula is C45H55N3O8Si. The minimum absolute atomic E-state index is 0.0124. The van der Waals surface area contributed by atoms with Crippen molar-refractivity contribution in [1.29, 1.82) is 0 Å². The molecule has 4 aromatic carbocycles. The fourth-order valence-corrected chi connectivity index (χ4v) is 6.92. The number of hydrogen-bond acceptors (Lipinski definition) is 8. The zero-order valence-electron chi connectivity index (χ0n) is 34.2. The van der Waals surface area contributed by atoms with Gasteiger partial charge in [0, 0.05) is 24.3 Å². The number of nitrogens with one attached hydrogen (secondary N) is 2. The van der Waals surface area contributed by atoms with Crippen molar-refractivity contribution in [2.45, 2.75) is 96.9 Å². The monoisotopic (exact) mass is 793 g/mol. The highest BCUT2D eigenvalue weighted by atomic mass is 28.4. The second-order valence-corrected chi connectivity index (χ2v) is 21.5. The molecule has 302 valence electrons. The quantitative estimate of drug-likeness (QED) is 0.114. The summed E-state index contributed by atoms with van der Waals surface area (Å²) in [6.45, 7) is 17.0. The van der Waals surface area contributed by atoms with E-state index in [0.717, 1.165) is 5.56 Å².